The van der Waals surface area contributed by atoms with Crippen LogP contribution in [0.5, 0.6) is 0 Å². The molecule has 0 aliphatic rings. The second-order valence-corrected chi connectivity index (χ2v) is 7.48. The van der Waals surface area contributed by atoms with E-state index in [4.69, 9.17) is 28.3 Å². The van der Waals surface area contributed by atoms with Crippen molar-refractivity contribution in [1.29, 1.82) is 0 Å². The van der Waals surface area contributed by atoms with Crippen LogP contribution in [0.2, 0.25) is 10.0 Å². The van der Waals surface area contributed by atoms with Crippen molar-refractivity contribution in [3.63, 3.8) is 0 Å². The molecule has 10 heteroatoms. The van der Waals surface area contributed by atoms with Crippen molar-refractivity contribution in [3.05, 3.63) is 58.1 Å². The van der Waals surface area contributed by atoms with Crippen LogP contribution >= 0.6 is 35.0 Å². The first-order valence-electron chi connectivity index (χ1n) is 8.02. The zero-order valence-electron chi connectivity index (χ0n) is 14.3. The van der Waals surface area contributed by atoms with Gasteiger partial charge in [0.15, 0.2) is 5.82 Å². The Morgan fingerprint density at radius 3 is 2.57 bits per heavy atom. The number of aliphatic carboxylic acids is 1. The Hall–Kier alpha value is -2.55. The lowest BCUT2D eigenvalue weighted by Crippen LogP contribution is -2.14. The quantitative estimate of drug-likeness (QED) is 0.480. The summed E-state index contributed by atoms with van der Waals surface area (Å²) in [6, 6.07) is 11.7. The number of carboxylic acids is 1. The molecule has 0 aliphatic heterocycles. The van der Waals surface area contributed by atoms with E-state index in [0.29, 0.717) is 37.8 Å². The number of H-pyrrole nitrogens is 1. The van der Waals surface area contributed by atoms with Crippen molar-refractivity contribution in [1.82, 2.24) is 15.2 Å². The maximum atomic E-state index is 12.1. The lowest BCUT2D eigenvalue weighted by Gasteiger charge is -2.05. The van der Waals surface area contributed by atoms with Gasteiger partial charge < -0.3 is 10.4 Å². The maximum Gasteiger partial charge on any atom is 0.307 e. The van der Waals surface area contributed by atoms with Crippen LogP contribution in [0, 0.1) is 0 Å². The highest BCUT2D eigenvalue weighted by molar-refractivity contribution is 7.99. The summed E-state index contributed by atoms with van der Waals surface area (Å²) in [5.41, 5.74) is 1.91. The highest BCUT2D eigenvalue weighted by Gasteiger charge is 2.12. The van der Waals surface area contributed by atoms with Gasteiger partial charge in [0.1, 0.15) is 0 Å². The molecule has 0 atom stereocenters. The monoisotopic (exact) mass is 436 g/mol. The van der Waals surface area contributed by atoms with Crippen LogP contribution in [0.1, 0.15) is 5.56 Å². The van der Waals surface area contributed by atoms with E-state index in [2.05, 4.69) is 20.5 Å². The lowest BCUT2D eigenvalue weighted by atomic mass is 10.1. The molecule has 1 aromatic heterocycles. The minimum Gasteiger partial charge on any atom is -0.481 e. The molecule has 0 spiro atoms. The number of carbonyl (C=O) groups is 2. The second kappa shape index (κ2) is 9.09. The summed E-state index contributed by atoms with van der Waals surface area (Å²) in [4.78, 5) is 27.1. The maximum absolute atomic E-state index is 12.1. The molecule has 1 amide bonds. The molecule has 3 aromatic rings. The highest BCUT2D eigenvalue weighted by Crippen LogP contribution is 2.29. The highest BCUT2D eigenvalue weighted by atomic mass is 35.5. The Labute approximate surface area is 174 Å². The van der Waals surface area contributed by atoms with Gasteiger partial charge in [-0.3, -0.25) is 14.7 Å². The molecular weight excluding hydrogens is 423 g/mol. The zero-order valence-corrected chi connectivity index (χ0v) is 16.6. The van der Waals surface area contributed by atoms with Gasteiger partial charge in [-0.05, 0) is 35.9 Å². The van der Waals surface area contributed by atoms with Crippen LogP contribution in [-0.4, -0.2) is 37.9 Å². The van der Waals surface area contributed by atoms with Gasteiger partial charge in [0.25, 0.3) is 0 Å². The smallest absolute Gasteiger partial charge is 0.307 e. The molecule has 0 radical (unpaired) electrons. The first-order chi connectivity index (χ1) is 13.4. The van der Waals surface area contributed by atoms with Crippen LogP contribution in [0.4, 0.5) is 5.69 Å². The van der Waals surface area contributed by atoms with Crippen LogP contribution < -0.4 is 5.32 Å². The molecule has 7 nitrogen and oxygen atoms in total. The van der Waals surface area contributed by atoms with Crippen molar-refractivity contribution >= 4 is 52.5 Å². The summed E-state index contributed by atoms with van der Waals surface area (Å²) in [6.45, 7) is 0. The summed E-state index contributed by atoms with van der Waals surface area (Å²) in [6.07, 6.45) is -0.0606. The summed E-state index contributed by atoms with van der Waals surface area (Å²) in [7, 11) is 0. The van der Waals surface area contributed by atoms with Crippen molar-refractivity contribution in [3.8, 4) is 11.4 Å². The number of hydrogen-bond acceptors (Lipinski definition) is 5. The van der Waals surface area contributed by atoms with Crippen molar-refractivity contribution in [2.45, 2.75) is 11.6 Å². The topological polar surface area (TPSA) is 108 Å². The summed E-state index contributed by atoms with van der Waals surface area (Å²) >= 11 is 13.2. The van der Waals surface area contributed by atoms with Gasteiger partial charge in [-0.25, -0.2) is 4.98 Å². The predicted molar refractivity (Wildman–Crippen MR) is 109 cm³/mol. The SMILES string of the molecule is O=C(O)Cc1ccc(NC(=O)CSc2n[nH]c(-c3ccc(Cl)cc3Cl)n2)cc1. The van der Waals surface area contributed by atoms with Gasteiger partial charge in [-0.15, -0.1) is 5.10 Å². The fourth-order valence-electron chi connectivity index (χ4n) is 2.32. The van der Waals surface area contributed by atoms with Gasteiger partial charge in [-0.2, -0.15) is 0 Å². The standard InChI is InChI=1S/C18H14Cl2N4O3S/c19-11-3-6-13(14(20)8-11)17-22-18(24-23-17)28-9-15(25)21-12-4-1-10(2-5-12)7-16(26)27/h1-6,8H,7,9H2,(H,21,25)(H,26,27)(H,22,23,24). The molecule has 3 N–H and O–H groups in total. The Bertz CT molecular complexity index is 1010. The molecular formula is C18H14Cl2N4O3S. The van der Waals surface area contributed by atoms with Crippen molar-refractivity contribution < 1.29 is 14.7 Å². The third-order valence-electron chi connectivity index (χ3n) is 3.58. The van der Waals surface area contributed by atoms with Gasteiger partial charge in [0.2, 0.25) is 11.1 Å². The van der Waals surface area contributed by atoms with E-state index in [1.165, 1.54) is 11.8 Å². The fraction of sp³-hybridized carbons (Fsp3) is 0.111. The molecule has 3 rings (SSSR count). The summed E-state index contributed by atoms with van der Waals surface area (Å²) in [5, 5.41) is 19.7. The van der Waals surface area contributed by atoms with Gasteiger partial charge in [-0.1, -0.05) is 47.1 Å². The number of carboxylic acid groups (broad SMARTS) is 1. The second-order valence-electron chi connectivity index (χ2n) is 5.70. The van der Waals surface area contributed by atoms with Gasteiger partial charge >= 0.3 is 5.97 Å². The Balaban J connectivity index is 1.55. The van der Waals surface area contributed by atoms with Crippen molar-refractivity contribution in [2.24, 2.45) is 0 Å². The largest absolute Gasteiger partial charge is 0.481 e. The van der Waals surface area contributed by atoms with Crippen LogP contribution in [-0.2, 0) is 16.0 Å². The Morgan fingerprint density at radius 2 is 1.89 bits per heavy atom. The first-order valence-corrected chi connectivity index (χ1v) is 9.76. The van der Waals surface area contributed by atoms with Gasteiger partial charge in [0, 0.05) is 16.3 Å². The minimum absolute atomic E-state index is 0.0606. The number of nitrogens with zero attached hydrogens (tertiary/aromatic N) is 2. The number of nitrogens with one attached hydrogen (secondary N) is 2. The number of hydrogen-bond donors (Lipinski definition) is 3. The Morgan fingerprint density at radius 1 is 1.14 bits per heavy atom. The molecule has 0 bridgehead atoms. The van der Waals surface area contributed by atoms with Crippen molar-refractivity contribution in [2.75, 3.05) is 11.1 Å². The summed E-state index contributed by atoms with van der Waals surface area (Å²) in [5.74, 6) is -0.535. The predicted octanol–water partition coefficient (Wildman–Crippen LogP) is 4.14. The van der Waals surface area contributed by atoms with Crippen LogP contribution in [0.25, 0.3) is 11.4 Å². The molecule has 2 aromatic carbocycles. The number of rotatable bonds is 7. The number of anilines is 1. The molecule has 0 saturated carbocycles. The van der Waals surface area contributed by atoms with E-state index in [-0.39, 0.29) is 18.1 Å². The molecule has 0 fully saturated rings. The number of halogens is 2. The number of thioether (sulfide) groups is 1. The van der Waals surface area contributed by atoms with E-state index in [1.54, 1.807) is 42.5 Å². The first kappa shape index (κ1) is 20.2. The number of amides is 1. The molecule has 0 saturated heterocycles. The van der Waals surface area contributed by atoms with Crippen LogP contribution in [0.15, 0.2) is 47.6 Å². The third-order valence-corrected chi connectivity index (χ3v) is 4.97. The molecule has 0 unspecified atom stereocenters. The van der Waals surface area contributed by atoms with E-state index < -0.39 is 5.97 Å². The molecule has 0 aliphatic carbocycles. The molecule has 1 heterocycles. The normalized spacial score (nSPS) is 10.6. The average Bonchev–Trinajstić information content (AvgIpc) is 3.10. The summed E-state index contributed by atoms with van der Waals surface area (Å²) < 4.78 is 0. The lowest BCUT2D eigenvalue weighted by molar-refractivity contribution is -0.136. The van der Waals surface area contributed by atoms with E-state index in [0.717, 1.165) is 0 Å². The molecule has 28 heavy (non-hydrogen) atoms. The van der Waals surface area contributed by atoms with E-state index in [1.807, 2.05) is 0 Å². The number of aromatic amines is 1. The number of aromatic nitrogens is 3. The fourth-order valence-corrected chi connectivity index (χ4v) is 3.42. The zero-order chi connectivity index (χ0) is 20.1. The number of carbonyl (C=O) groups excluding carboxylic acids is 1. The Kier molecular flexibility index (Phi) is 6.56. The molecule has 144 valence electrons. The minimum atomic E-state index is -0.904. The average molecular weight is 437 g/mol. The van der Waals surface area contributed by atoms with E-state index in [9.17, 15) is 9.59 Å². The van der Waals surface area contributed by atoms with Crippen LogP contribution in [0.3, 0.4) is 0 Å². The van der Waals surface area contributed by atoms with E-state index >= 15 is 0 Å². The number of benzene rings is 2. The third kappa shape index (κ3) is 5.48. The van der Waals surface area contributed by atoms with Gasteiger partial charge in [0.05, 0.1) is 17.2 Å².